The molecule has 1 aliphatic heterocycles. The Labute approximate surface area is 173 Å². The van der Waals surface area contributed by atoms with Crippen LogP contribution in [0.15, 0.2) is 48.5 Å². The number of nitrogens with one attached hydrogen (secondary N) is 1. The van der Waals surface area contributed by atoms with E-state index in [0.717, 1.165) is 16.8 Å². The van der Waals surface area contributed by atoms with Crippen LogP contribution in [-0.2, 0) is 6.42 Å². The minimum Gasteiger partial charge on any atom is -0.497 e. The van der Waals surface area contributed by atoms with Crippen LogP contribution >= 0.6 is 0 Å². The summed E-state index contributed by atoms with van der Waals surface area (Å²) in [4.78, 5) is 4.60. The molecule has 2 N–H and O–H groups in total. The third-order valence-corrected chi connectivity index (χ3v) is 4.98. The highest BCUT2D eigenvalue weighted by Crippen LogP contribution is 2.38. The number of allylic oxidation sites excluding steroid dienone is 1. The summed E-state index contributed by atoms with van der Waals surface area (Å²) in [5, 5.41) is 17.1. The average Bonchev–Trinajstić information content (AvgIpc) is 3.20. The maximum absolute atomic E-state index is 13.4. The fourth-order valence-corrected chi connectivity index (χ4v) is 3.46. The van der Waals surface area contributed by atoms with Crippen LogP contribution in [0, 0.1) is 5.82 Å². The Hall–Kier alpha value is -3.39. The number of aliphatic hydroxyl groups excluding tert-OH is 1. The van der Waals surface area contributed by atoms with E-state index in [2.05, 4.69) is 15.4 Å². The van der Waals surface area contributed by atoms with Crippen LogP contribution in [0.4, 0.5) is 10.3 Å². The first-order valence-corrected chi connectivity index (χ1v) is 9.66. The number of aryl methyl sites for hydroxylation is 1. The zero-order valence-electron chi connectivity index (χ0n) is 16.8. The second kappa shape index (κ2) is 8.54. The van der Waals surface area contributed by atoms with E-state index >= 15 is 0 Å². The van der Waals surface area contributed by atoms with Crippen molar-refractivity contribution in [2.45, 2.75) is 18.9 Å². The van der Waals surface area contributed by atoms with Gasteiger partial charge in [0.25, 0.3) is 0 Å². The van der Waals surface area contributed by atoms with Crippen molar-refractivity contribution in [3.8, 4) is 11.5 Å². The second-order valence-corrected chi connectivity index (χ2v) is 6.89. The second-order valence-electron chi connectivity index (χ2n) is 6.89. The van der Waals surface area contributed by atoms with Gasteiger partial charge in [-0.15, -0.1) is 0 Å². The van der Waals surface area contributed by atoms with Crippen LogP contribution in [-0.4, -0.2) is 40.7 Å². The van der Waals surface area contributed by atoms with E-state index in [1.165, 1.54) is 12.1 Å². The number of aliphatic hydroxyl groups is 1. The molecule has 30 heavy (non-hydrogen) atoms. The number of benzene rings is 2. The summed E-state index contributed by atoms with van der Waals surface area (Å²) in [5.41, 5.74) is 2.52. The van der Waals surface area contributed by atoms with E-state index in [9.17, 15) is 4.39 Å². The van der Waals surface area contributed by atoms with Crippen molar-refractivity contribution < 1.29 is 19.0 Å². The molecule has 1 aromatic heterocycles. The highest BCUT2D eigenvalue weighted by atomic mass is 19.1. The third kappa shape index (κ3) is 3.86. The minimum absolute atomic E-state index is 0.0755. The summed E-state index contributed by atoms with van der Waals surface area (Å²) in [6.07, 6.45) is 3.16. The number of nitrogens with zero attached hydrogens (tertiary/aromatic N) is 3. The highest BCUT2D eigenvalue weighted by molar-refractivity contribution is 5.77. The van der Waals surface area contributed by atoms with Gasteiger partial charge in [0.2, 0.25) is 5.95 Å². The summed E-state index contributed by atoms with van der Waals surface area (Å²) in [6.45, 7) is 0.0755. The molecule has 0 saturated carbocycles. The molecule has 4 rings (SSSR count). The first-order chi connectivity index (χ1) is 14.6. The van der Waals surface area contributed by atoms with Crippen molar-refractivity contribution in [2.75, 3.05) is 26.1 Å². The molecular weight excluding hydrogens is 387 g/mol. The van der Waals surface area contributed by atoms with Crippen molar-refractivity contribution in [1.82, 2.24) is 14.8 Å². The Balaban J connectivity index is 1.81. The van der Waals surface area contributed by atoms with E-state index in [1.807, 2.05) is 24.3 Å². The zero-order valence-corrected chi connectivity index (χ0v) is 16.8. The maximum atomic E-state index is 13.4. The maximum Gasteiger partial charge on any atom is 0.226 e. The topological polar surface area (TPSA) is 81.4 Å². The van der Waals surface area contributed by atoms with E-state index in [0.29, 0.717) is 36.1 Å². The number of aromatic nitrogens is 3. The smallest absolute Gasteiger partial charge is 0.226 e. The molecule has 1 aliphatic rings. The summed E-state index contributed by atoms with van der Waals surface area (Å²) in [5.74, 6) is 2.27. The first-order valence-electron chi connectivity index (χ1n) is 9.66. The van der Waals surface area contributed by atoms with Crippen LogP contribution in [0.1, 0.15) is 29.4 Å². The molecule has 2 heterocycles. The molecule has 0 radical (unpaired) electrons. The fourth-order valence-electron chi connectivity index (χ4n) is 3.46. The Morgan fingerprint density at radius 3 is 2.63 bits per heavy atom. The van der Waals surface area contributed by atoms with Gasteiger partial charge in [0.15, 0.2) is 5.82 Å². The van der Waals surface area contributed by atoms with Crippen molar-refractivity contribution in [2.24, 2.45) is 0 Å². The van der Waals surface area contributed by atoms with Gasteiger partial charge in [-0.25, -0.2) is 9.07 Å². The number of fused-ring (bicyclic) bond motifs is 1. The van der Waals surface area contributed by atoms with E-state index in [4.69, 9.17) is 14.6 Å². The number of anilines is 1. The van der Waals surface area contributed by atoms with E-state index in [-0.39, 0.29) is 18.5 Å². The van der Waals surface area contributed by atoms with Crippen molar-refractivity contribution >= 4 is 11.6 Å². The van der Waals surface area contributed by atoms with E-state index < -0.39 is 0 Å². The standard InChI is InChI=1S/C22H23FN4O3/c1-29-16-9-10-17(20(12-16)30-2)19-13-18(14-5-7-15(23)8-6-14)24-22-25-21(4-3-11-28)26-27(19)22/h5-10,12-13,19,28H,3-4,11H2,1-2H3,(H,24,25,26). The lowest BCUT2D eigenvalue weighted by Gasteiger charge is -2.25. The van der Waals surface area contributed by atoms with Crippen LogP contribution in [0.25, 0.3) is 5.70 Å². The summed E-state index contributed by atoms with van der Waals surface area (Å²) in [7, 11) is 3.22. The van der Waals surface area contributed by atoms with Gasteiger partial charge < -0.3 is 19.9 Å². The largest absolute Gasteiger partial charge is 0.497 e. The molecule has 0 saturated heterocycles. The van der Waals surface area contributed by atoms with Crippen LogP contribution in [0.3, 0.4) is 0 Å². The Kier molecular flexibility index (Phi) is 5.67. The summed E-state index contributed by atoms with van der Waals surface area (Å²) >= 11 is 0. The predicted molar refractivity (Wildman–Crippen MR) is 111 cm³/mol. The molecule has 0 amide bonds. The fraction of sp³-hybridized carbons (Fsp3) is 0.273. The number of hydrogen-bond donors (Lipinski definition) is 2. The molecule has 2 aromatic carbocycles. The van der Waals surface area contributed by atoms with Crippen LogP contribution < -0.4 is 14.8 Å². The predicted octanol–water partition coefficient (Wildman–Crippen LogP) is 3.42. The molecule has 1 atom stereocenters. The molecule has 7 nitrogen and oxygen atoms in total. The summed E-state index contributed by atoms with van der Waals surface area (Å²) in [6, 6.07) is 11.6. The lowest BCUT2D eigenvalue weighted by Crippen LogP contribution is -2.20. The number of hydrogen-bond acceptors (Lipinski definition) is 6. The van der Waals surface area contributed by atoms with Crippen molar-refractivity contribution in [3.05, 3.63) is 71.3 Å². The SMILES string of the molecule is COc1ccc(C2C=C(c3ccc(F)cc3)Nc3nc(CCCO)nn32)c(OC)c1. The molecule has 0 aliphatic carbocycles. The van der Waals surface area contributed by atoms with Crippen molar-refractivity contribution in [3.63, 3.8) is 0 Å². The molecule has 3 aromatic rings. The third-order valence-electron chi connectivity index (χ3n) is 4.98. The normalized spacial score (nSPS) is 15.2. The number of ether oxygens (including phenoxy) is 2. The lowest BCUT2D eigenvalue weighted by atomic mass is 10.0. The number of methoxy groups -OCH3 is 2. The number of rotatable bonds is 7. The molecular formula is C22H23FN4O3. The van der Waals surface area contributed by atoms with Gasteiger partial charge in [-0.05, 0) is 54.5 Å². The minimum atomic E-state index is -0.294. The summed E-state index contributed by atoms with van der Waals surface area (Å²) < 4.78 is 26.1. The molecule has 0 fully saturated rings. The lowest BCUT2D eigenvalue weighted by molar-refractivity contribution is 0.287. The van der Waals surface area contributed by atoms with E-state index in [1.54, 1.807) is 31.0 Å². The molecule has 0 bridgehead atoms. The average molecular weight is 410 g/mol. The Bertz CT molecular complexity index is 1060. The zero-order chi connectivity index (χ0) is 21.1. The first kappa shape index (κ1) is 19.9. The van der Waals surface area contributed by atoms with Gasteiger partial charge in [-0.3, -0.25) is 0 Å². The quantitative estimate of drug-likeness (QED) is 0.621. The molecule has 0 spiro atoms. The van der Waals surface area contributed by atoms with Gasteiger partial charge in [0, 0.05) is 30.4 Å². The van der Waals surface area contributed by atoms with Gasteiger partial charge in [-0.1, -0.05) is 0 Å². The molecule has 156 valence electrons. The monoisotopic (exact) mass is 410 g/mol. The number of halogens is 1. The van der Waals surface area contributed by atoms with Crippen molar-refractivity contribution in [1.29, 1.82) is 0 Å². The molecule has 8 heteroatoms. The van der Waals surface area contributed by atoms with Gasteiger partial charge >= 0.3 is 0 Å². The van der Waals surface area contributed by atoms with Gasteiger partial charge in [-0.2, -0.15) is 10.1 Å². The highest BCUT2D eigenvalue weighted by Gasteiger charge is 2.27. The van der Waals surface area contributed by atoms with Gasteiger partial charge in [0.1, 0.15) is 23.4 Å². The molecule has 1 unspecified atom stereocenters. The van der Waals surface area contributed by atoms with Gasteiger partial charge in [0.05, 0.1) is 14.2 Å². The van der Waals surface area contributed by atoms with Crippen LogP contribution in [0.2, 0.25) is 0 Å². The Morgan fingerprint density at radius 2 is 1.93 bits per heavy atom. The van der Waals surface area contributed by atoms with Crippen LogP contribution in [0.5, 0.6) is 11.5 Å². The Morgan fingerprint density at radius 1 is 1.13 bits per heavy atom.